The van der Waals surface area contributed by atoms with Crippen LogP contribution in [0.15, 0.2) is 53.3 Å². The Kier molecular flexibility index (Phi) is 3.93. The first-order valence-corrected chi connectivity index (χ1v) is 8.43. The maximum absolute atomic E-state index is 12.9. The topological polar surface area (TPSA) is 56.4 Å². The van der Waals surface area contributed by atoms with Gasteiger partial charge in [-0.1, -0.05) is 42.5 Å². The first kappa shape index (κ1) is 15.7. The fraction of sp³-hybridized carbons (Fsp3) is 0.250. The molecule has 2 aromatic carbocycles. The number of nitrogens with zero attached hydrogens (tertiary/aromatic N) is 2. The molecule has 1 aliphatic heterocycles. The molecule has 128 valence electrons. The zero-order chi connectivity index (χ0) is 17.4. The molecule has 0 atom stereocenters. The lowest BCUT2D eigenvalue weighted by molar-refractivity contribution is 0.137. The SMILES string of the molecule is Cc1ccc(-c2ccccc2)cc1-c1c(O)n2n(c1=O)CCOCC2. The van der Waals surface area contributed by atoms with E-state index in [1.165, 1.54) is 0 Å². The Morgan fingerprint density at radius 1 is 0.960 bits per heavy atom. The molecule has 0 unspecified atom stereocenters. The van der Waals surface area contributed by atoms with Gasteiger partial charge >= 0.3 is 0 Å². The van der Waals surface area contributed by atoms with E-state index in [1.807, 2.05) is 55.5 Å². The highest BCUT2D eigenvalue weighted by Gasteiger charge is 2.23. The summed E-state index contributed by atoms with van der Waals surface area (Å²) in [7, 11) is 0. The average Bonchev–Trinajstić information content (AvgIpc) is 2.81. The molecule has 25 heavy (non-hydrogen) atoms. The van der Waals surface area contributed by atoms with E-state index in [4.69, 9.17) is 4.74 Å². The first-order valence-electron chi connectivity index (χ1n) is 8.43. The molecule has 3 aromatic rings. The molecule has 0 saturated carbocycles. The van der Waals surface area contributed by atoms with Crippen LogP contribution in [0.1, 0.15) is 5.56 Å². The molecule has 1 N–H and O–H groups in total. The predicted molar refractivity (Wildman–Crippen MR) is 96.8 cm³/mol. The summed E-state index contributed by atoms with van der Waals surface area (Å²) in [5.74, 6) is 0.0174. The molecule has 0 radical (unpaired) electrons. The second-order valence-corrected chi connectivity index (χ2v) is 6.26. The molecule has 0 saturated heterocycles. The van der Waals surface area contributed by atoms with Gasteiger partial charge in [-0.15, -0.1) is 0 Å². The molecule has 4 rings (SSSR count). The van der Waals surface area contributed by atoms with Crippen LogP contribution in [0.3, 0.4) is 0 Å². The van der Waals surface area contributed by atoms with Gasteiger partial charge in [0.25, 0.3) is 5.56 Å². The lowest BCUT2D eigenvalue weighted by Crippen LogP contribution is -2.23. The summed E-state index contributed by atoms with van der Waals surface area (Å²) in [4.78, 5) is 12.9. The van der Waals surface area contributed by atoms with Crippen molar-refractivity contribution in [2.45, 2.75) is 20.0 Å². The monoisotopic (exact) mass is 336 g/mol. The van der Waals surface area contributed by atoms with Gasteiger partial charge in [-0.2, -0.15) is 0 Å². The van der Waals surface area contributed by atoms with Crippen molar-refractivity contribution < 1.29 is 9.84 Å². The second kappa shape index (κ2) is 6.26. The molecule has 2 heterocycles. The molecule has 5 nitrogen and oxygen atoms in total. The summed E-state index contributed by atoms with van der Waals surface area (Å²) in [5, 5.41) is 10.7. The summed E-state index contributed by atoms with van der Waals surface area (Å²) >= 11 is 0. The number of hydrogen-bond donors (Lipinski definition) is 1. The van der Waals surface area contributed by atoms with Gasteiger partial charge in [0.05, 0.1) is 26.3 Å². The van der Waals surface area contributed by atoms with E-state index in [0.717, 1.165) is 22.3 Å². The van der Waals surface area contributed by atoms with Gasteiger partial charge in [0.15, 0.2) is 0 Å². The molecular weight excluding hydrogens is 316 g/mol. The maximum Gasteiger partial charge on any atom is 0.278 e. The molecule has 0 aliphatic carbocycles. The summed E-state index contributed by atoms with van der Waals surface area (Å²) in [6, 6.07) is 16.0. The third-order valence-corrected chi connectivity index (χ3v) is 4.72. The molecule has 1 aliphatic rings. The Morgan fingerprint density at radius 2 is 1.68 bits per heavy atom. The largest absolute Gasteiger partial charge is 0.493 e. The Bertz CT molecular complexity index is 971. The first-order chi connectivity index (χ1) is 12.2. The van der Waals surface area contributed by atoms with Crippen molar-refractivity contribution >= 4 is 0 Å². The number of rotatable bonds is 2. The van der Waals surface area contributed by atoms with Crippen LogP contribution >= 0.6 is 0 Å². The van der Waals surface area contributed by atoms with Crippen molar-refractivity contribution in [2.75, 3.05) is 13.2 Å². The number of benzene rings is 2. The lowest BCUT2D eigenvalue weighted by Gasteiger charge is -2.09. The summed E-state index contributed by atoms with van der Waals surface area (Å²) < 4.78 is 8.60. The molecule has 0 bridgehead atoms. The summed E-state index contributed by atoms with van der Waals surface area (Å²) in [5.41, 5.74) is 4.04. The summed E-state index contributed by atoms with van der Waals surface area (Å²) in [6.45, 7) is 3.85. The van der Waals surface area contributed by atoms with E-state index in [0.29, 0.717) is 31.9 Å². The van der Waals surface area contributed by atoms with E-state index in [1.54, 1.807) is 9.36 Å². The van der Waals surface area contributed by atoms with Crippen molar-refractivity contribution in [1.82, 2.24) is 9.36 Å². The van der Waals surface area contributed by atoms with Crippen LogP contribution in [-0.2, 0) is 17.8 Å². The van der Waals surface area contributed by atoms with E-state index in [2.05, 4.69) is 0 Å². The minimum Gasteiger partial charge on any atom is -0.493 e. The highest BCUT2D eigenvalue weighted by Crippen LogP contribution is 2.33. The predicted octanol–water partition coefficient (Wildman–Crippen LogP) is 3.03. The third kappa shape index (κ3) is 2.66. The number of ether oxygens (including phenoxy) is 1. The van der Waals surface area contributed by atoms with Crippen LogP contribution in [0.4, 0.5) is 0 Å². The normalized spacial score (nSPS) is 14.1. The van der Waals surface area contributed by atoms with Crippen molar-refractivity contribution in [1.29, 1.82) is 0 Å². The fourth-order valence-corrected chi connectivity index (χ4v) is 3.37. The van der Waals surface area contributed by atoms with Crippen molar-refractivity contribution in [3.63, 3.8) is 0 Å². The smallest absolute Gasteiger partial charge is 0.278 e. The van der Waals surface area contributed by atoms with Gasteiger partial charge in [0, 0.05) is 0 Å². The molecule has 5 heteroatoms. The Morgan fingerprint density at radius 3 is 2.44 bits per heavy atom. The van der Waals surface area contributed by atoms with E-state index in [-0.39, 0.29) is 11.4 Å². The van der Waals surface area contributed by atoms with Crippen LogP contribution in [0.25, 0.3) is 22.3 Å². The van der Waals surface area contributed by atoms with Gasteiger partial charge in [-0.25, -0.2) is 9.36 Å². The second-order valence-electron chi connectivity index (χ2n) is 6.26. The Labute approximate surface area is 145 Å². The minimum absolute atomic E-state index is 0.0174. The zero-order valence-electron chi connectivity index (χ0n) is 14.1. The Hall–Kier alpha value is -2.79. The van der Waals surface area contributed by atoms with E-state index >= 15 is 0 Å². The highest BCUT2D eigenvalue weighted by molar-refractivity contribution is 5.77. The maximum atomic E-state index is 12.9. The van der Waals surface area contributed by atoms with Crippen LogP contribution in [0.5, 0.6) is 5.88 Å². The van der Waals surface area contributed by atoms with E-state index < -0.39 is 0 Å². The molecule has 1 aromatic heterocycles. The van der Waals surface area contributed by atoms with Gasteiger partial charge in [0.1, 0.15) is 5.56 Å². The minimum atomic E-state index is -0.170. The van der Waals surface area contributed by atoms with Gasteiger partial charge < -0.3 is 9.84 Å². The molecular formula is C20H20N2O3. The number of aryl methyl sites for hydroxylation is 1. The molecule has 0 amide bonds. The summed E-state index contributed by atoms with van der Waals surface area (Å²) in [6.07, 6.45) is 0. The van der Waals surface area contributed by atoms with Crippen molar-refractivity contribution in [2.24, 2.45) is 0 Å². The van der Waals surface area contributed by atoms with Gasteiger partial charge in [-0.3, -0.25) is 4.79 Å². The number of hydrogen-bond acceptors (Lipinski definition) is 3. The zero-order valence-corrected chi connectivity index (χ0v) is 14.1. The van der Waals surface area contributed by atoms with E-state index in [9.17, 15) is 9.90 Å². The van der Waals surface area contributed by atoms with Crippen LogP contribution in [0, 0.1) is 6.92 Å². The molecule has 0 spiro atoms. The third-order valence-electron chi connectivity index (χ3n) is 4.72. The number of fused-ring (bicyclic) bond motifs is 1. The van der Waals surface area contributed by atoms with Crippen molar-refractivity contribution in [3.8, 4) is 28.1 Å². The average molecular weight is 336 g/mol. The highest BCUT2D eigenvalue weighted by atomic mass is 16.5. The quantitative estimate of drug-likeness (QED) is 0.783. The van der Waals surface area contributed by atoms with Crippen molar-refractivity contribution in [3.05, 3.63) is 64.4 Å². The molecule has 0 fully saturated rings. The van der Waals surface area contributed by atoms with Crippen LogP contribution in [-0.4, -0.2) is 27.7 Å². The number of aromatic nitrogens is 2. The van der Waals surface area contributed by atoms with Gasteiger partial charge in [-0.05, 0) is 35.2 Å². The number of aromatic hydroxyl groups is 1. The Balaban J connectivity index is 1.90. The van der Waals surface area contributed by atoms with Crippen LogP contribution < -0.4 is 5.56 Å². The van der Waals surface area contributed by atoms with Crippen LogP contribution in [0.2, 0.25) is 0 Å². The lowest BCUT2D eigenvalue weighted by atomic mass is 9.96. The standard InChI is InChI=1S/C20H20N2O3/c1-14-7-8-16(15-5-3-2-4-6-15)13-17(14)18-19(23)21-9-11-25-12-10-22(21)20(18)24/h2-8,13,23H,9-12H2,1H3. The van der Waals surface area contributed by atoms with Gasteiger partial charge in [0.2, 0.25) is 5.88 Å². The fourth-order valence-electron chi connectivity index (χ4n) is 3.37.